The van der Waals surface area contributed by atoms with Crippen molar-refractivity contribution in [1.29, 1.82) is 0 Å². The number of allylic oxidation sites excluding steroid dienone is 2. The Morgan fingerprint density at radius 2 is 1.84 bits per heavy atom. The molecule has 32 heavy (non-hydrogen) atoms. The highest BCUT2D eigenvalue weighted by Gasteiger charge is 2.41. The summed E-state index contributed by atoms with van der Waals surface area (Å²) >= 11 is 1.26. The van der Waals surface area contributed by atoms with Crippen molar-refractivity contribution < 1.29 is 28.8 Å². The number of imide groups is 1. The Morgan fingerprint density at radius 1 is 1.16 bits per heavy atom. The third-order valence-corrected chi connectivity index (χ3v) is 6.63. The van der Waals surface area contributed by atoms with E-state index in [1.165, 1.54) is 17.8 Å². The van der Waals surface area contributed by atoms with Gasteiger partial charge in [-0.1, -0.05) is 17.3 Å². The number of nitrogens with zero attached hydrogens (tertiary/aromatic N) is 2. The Balaban J connectivity index is 1.38. The molecule has 2 aliphatic rings. The first-order valence-corrected chi connectivity index (χ1v) is 11.0. The van der Waals surface area contributed by atoms with Gasteiger partial charge in [0.15, 0.2) is 5.82 Å². The Hall–Kier alpha value is -3.40. The number of rotatable bonds is 6. The summed E-state index contributed by atoms with van der Waals surface area (Å²) < 4.78 is 4.96. The zero-order chi connectivity index (χ0) is 22.8. The number of hydrogen-bond acceptors (Lipinski definition) is 7. The van der Waals surface area contributed by atoms with E-state index in [4.69, 9.17) is 4.52 Å². The van der Waals surface area contributed by atoms with E-state index >= 15 is 0 Å². The predicted molar refractivity (Wildman–Crippen MR) is 116 cm³/mol. The Kier molecular flexibility index (Phi) is 6.13. The van der Waals surface area contributed by atoms with Crippen LogP contribution < -0.4 is 10.2 Å². The molecule has 2 aromatic rings. The number of benzene rings is 1. The number of aromatic nitrogens is 1. The first-order valence-electron chi connectivity index (χ1n) is 10.1. The van der Waals surface area contributed by atoms with Gasteiger partial charge in [0.1, 0.15) is 5.76 Å². The molecule has 0 spiro atoms. The van der Waals surface area contributed by atoms with E-state index in [1.54, 1.807) is 37.3 Å². The largest absolute Gasteiger partial charge is 0.481 e. The van der Waals surface area contributed by atoms with E-state index in [-0.39, 0.29) is 30.0 Å². The van der Waals surface area contributed by atoms with Crippen LogP contribution in [0.3, 0.4) is 0 Å². The van der Waals surface area contributed by atoms with Gasteiger partial charge in [-0.2, -0.15) is 0 Å². The number of anilines is 2. The molecule has 0 radical (unpaired) electrons. The lowest BCUT2D eigenvalue weighted by atomic mass is 9.82. The van der Waals surface area contributed by atoms with Crippen molar-refractivity contribution in [3.05, 3.63) is 48.2 Å². The topological polar surface area (TPSA) is 130 Å². The molecule has 0 bridgehead atoms. The van der Waals surface area contributed by atoms with Crippen molar-refractivity contribution in [1.82, 2.24) is 5.16 Å². The van der Waals surface area contributed by atoms with Crippen molar-refractivity contribution in [2.45, 2.75) is 36.3 Å². The van der Waals surface area contributed by atoms with Gasteiger partial charge in [0.2, 0.25) is 17.7 Å². The van der Waals surface area contributed by atoms with E-state index in [0.29, 0.717) is 24.3 Å². The smallest absolute Gasteiger partial charge is 0.307 e. The average Bonchev–Trinajstić information content (AvgIpc) is 3.31. The van der Waals surface area contributed by atoms with E-state index in [2.05, 4.69) is 10.5 Å². The minimum absolute atomic E-state index is 0.0552. The number of carbonyl (C=O) groups excluding carboxylic acids is 3. The summed E-state index contributed by atoms with van der Waals surface area (Å²) in [7, 11) is 0. The third kappa shape index (κ3) is 4.45. The maximum absolute atomic E-state index is 12.7. The van der Waals surface area contributed by atoms with E-state index in [9.17, 15) is 24.3 Å². The van der Waals surface area contributed by atoms with Crippen molar-refractivity contribution in [2.24, 2.45) is 11.8 Å². The fraction of sp³-hybridized carbons (Fsp3) is 0.318. The van der Waals surface area contributed by atoms with Gasteiger partial charge in [-0.25, -0.2) is 4.90 Å². The number of carbonyl (C=O) groups is 4. The van der Waals surface area contributed by atoms with Crippen LogP contribution in [0.5, 0.6) is 0 Å². The molecule has 1 saturated heterocycles. The zero-order valence-corrected chi connectivity index (χ0v) is 18.0. The molecule has 1 aromatic heterocycles. The lowest BCUT2D eigenvalue weighted by Crippen LogP contribution is -2.34. The van der Waals surface area contributed by atoms with Crippen LogP contribution in [-0.2, 0) is 19.2 Å². The van der Waals surface area contributed by atoms with Gasteiger partial charge < -0.3 is 14.9 Å². The van der Waals surface area contributed by atoms with Gasteiger partial charge in [-0.15, -0.1) is 11.8 Å². The number of nitrogens with one attached hydrogen (secondary N) is 1. The average molecular weight is 455 g/mol. The Bertz CT molecular complexity index is 1090. The fourth-order valence-corrected chi connectivity index (χ4v) is 4.84. The molecule has 10 heteroatoms. The van der Waals surface area contributed by atoms with E-state index in [1.807, 2.05) is 6.08 Å². The molecule has 2 heterocycles. The third-order valence-electron chi connectivity index (χ3n) is 5.44. The van der Waals surface area contributed by atoms with Crippen LogP contribution in [0, 0.1) is 18.8 Å². The number of aliphatic carboxylic acids is 1. The van der Waals surface area contributed by atoms with Gasteiger partial charge in [-0.05, 0) is 44.0 Å². The lowest BCUT2D eigenvalue weighted by molar-refractivity contribution is -0.146. The van der Waals surface area contributed by atoms with Crippen LogP contribution >= 0.6 is 11.8 Å². The number of carboxylic acid groups (broad SMARTS) is 1. The molecule has 1 fully saturated rings. The second kappa shape index (κ2) is 8.99. The van der Waals surface area contributed by atoms with Gasteiger partial charge in [0.05, 0.1) is 17.1 Å². The highest BCUT2D eigenvalue weighted by Crippen LogP contribution is 2.34. The SMILES string of the molecule is Cc1cc(N2C(=O)C[C@@H](Sc3ccc(NC(=O)[C@@H]4CC=CC[C@@H]4C(=O)O)cc3)C2=O)no1. The molecule has 166 valence electrons. The highest BCUT2D eigenvalue weighted by atomic mass is 32.2. The number of aryl methyl sites for hydroxylation is 1. The summed E-state index contributed by atoms with van der Waals surface area (Å²) in [5.41, 5.74) is 0.534. The summed E-state index contributed by atoms with van der Waals surface area (Å²) in [5.74, 6) is -2.67. The predicted octanol–water partition coefficient (Wildman–Crippen LogP) is 3.01. The van der Waals surface area contributed by atoms with Crippen LogP contribution in [0.4, 0.5) is 11.5 Å². The number of carboxylic acids is 1. The lowest BCUT2D eigenvalue weighted by Gasteiger charge is -2.24. The number of hydrogen-bond donors (Lipinski definition) is 2. The maximum Gasteiger partial charge on any atom is 0.307 e. The van der Waals surface area contributed by atoms with Gasteiger partial charge >= 0.3 is 5.97 Å². The summed E-state index contributed by atoms with van der Waals surface area (Å²) in [6.45, 7) is 1.68. The van der Waals surface area contributed by atoms with Crippen LogP contribution in [0.2, 0.25) is 0 Å². The molecule has 1 aromatic carbocycles. The quantitative estimate of drug-likeness (QED) is 0.502. The Morgan fingerprint density at radius 3 is 2.47 bits per heavy atom. The van der Waals surface area contributed by atoms with E-state index in [0.717, 1.165) is 9.80 Å². The van der Waals surface area contributed by atoms with Crippen molar-refractivity contribution in [2.75, 3.05) is 10.2 Å². The van der Waals surface area contributed by atoms with Crippen LogP contribution in [0.15, 0.2) is 51.9 Å². The van der Waals surface area contributed by atoms with Crippen molar-refractivity contribution in [3.8, 4) is 0 Å². The Labute approximate surface area is 187 Å². The first kappa shape index (κ1) is 21.8. The van der Waals surface area contributed by atoms with Crippen molar-refractivity contribution in [3.63, 3.8) is 0 Å². The first-order chi connectivity index (χ1) is 15.3. The second-order valence-corrected chi connectivity index (χ2v) is 8.96. The fourth-order valence-electron chi connectivity index (χ4n) is 3.79. The highest BCUT2D eigenvalue weighted by molar-refractivity contribution is 8.00. The molecule has 3 atom stereocenters. The summed E-state index contributed by atoms with van der Waals surface area (Å²) in [6.07, 6.45) is 4.39. The molecule has 4 rings (SSSR count). The number of amides is 3. The summed E-state index contributed by atoms with van der Waals surface area (Å²) in [5, 5.41) is 15.3. The van der Waals surface area contributed by atoms with Crippen LogP contribution in [0.25, 0.3) is 0 Å². The minimum Gasteiger partial charge on any atom is -0.481 e. The van der Waals surface area contributed by atoms with Gasteiger partial charge in [-0.3, -0.25) is 19.2 Å². The van der Waals surface area contributed by atoms with Gasteiger partial charge in [0, 0.05) is 23.1 Å². The van der Waals surface area contributed by atoms with E-state index < -0.39 is 23.1 Å². The minimum atomic E-state index is -0.980. The molecule has 9 nitrogen and oxygen atoms in total. The normalized spacial score (nSPS) is 22.9. The summed E-state index contributed by atoms with van der Waals surface area (Å²) in [4.78, 5) is 50.8. The maximum atomic E-state index is 12.7. The molecule has 1 aliphatic carbocycles. The molecule has 3 amide bonds. The number of thioether (sulfide) groups is 1. The van der Waals surface area contributed by atoms with Crippen LogP contribution in [-0.4, -0.2) is 39.2 Å². The molecular weight excluding hydrogens is 434 g/mol. The zero-order valence-electron chi connectivity index (χ0n) is 17.2. The molecule has 0 saturated carbocycles. The summed E-state index contributed by atoms with van der Waals surface area (Å²) in [6, 6.07) is 8.41. The van der Waals surface area contributed by atoms with Gasteiger partial charge in [0.25, 0.3) is 0 Å². The monoisotopic (exact) mass is 455 g/mol. The second-order valence-electron chi connectivity index (χ2n) is 7.68. The van der Waals surface area contributed by atoms with Crippen LogP contribution in [0.1, 0.15) is 25.0 Å². The molecular formula is C22H21N3O6S. The molecule has 0 unspecified atom stereocenters. The standard InChI is InChI=1S/C22H21N3O6S/c1-12-10-18(24-31-12)25-19(26)11-17(21(25)28)32-14-8-6-13(7-9-14)23-20(27)15-4-2-3-5-16(15)22(29)30/h2-3,6-10,15-17H,4-5,11H2,1H3,(H,23,27)(H,29,30)/t15-,16+,17-/m1/s1. The molecule has 2 N–H and O–H groups in total. The van der Waals surface area contributed by atoms with Crippen molar-refractivity contribution >= 4 is 47.0 Å². The molecule has 1 aliphatic heterocycles.